The number of nitrogens with zero attached hydrogens (tertiary/aromatic N) is 3. The highest BCUT2D eigenvalue weighted by Gasteiger charge is 2.21. The van der Waals surface area contributed by atoms with E-state index in [4.69, 9.17) is 9.72 Å². The van der Waals surface area contributed by atoms with E-state index in [1.807, 2.05) is 32.0 Å². The van der Waals surface area contributed by atoms with Crippen molar-refractivity contribution in [3.8, 4) is 5.75 Å². The van der Waals surface area contributed by atoms with Crippen molar-refractivity contribution in [3.63, 3.8) is 0 Å². The minimum absolute atomic E-state index is 0.147. The van der Waals surface area contributed by atoms with Crippen molar-refractivity contribution in [1.29, 1.82) is 0 Å². The molecule has 40 heavy (non-hydrogen) atoms. The van der Waals surface area contributed by atoms with Crippen molar-refractivity contribution in [2.24, 2.45) is 0 Å². The van der Waals surface area contributed by atoms with Gasteiger partial charge in [0.25, 0.3) is 15.9 Å². The number of amides is 1. The van der Waals surface area contributed by atoms with Crippen LogP contribution < -0.4 is 19.7 Å². The molecule has 11 heteroatoms. The fourth-order valence-electron chi connectivity index (χ4n) is 4.56. The maximum atomic E-state index is 13.0. The number of aryl methyl sites for hydroxylation is 1. The minimum Gasteiger partial charge on any atom is -0.494 e. The number of anilines is 2. The highest BCUT2D eigenvalue weighted by Crippen LogP contribution is 2.32. The SMILES string of the molecule is CCOc1ccc2nc(N3CCN(CCNC(=O)c4ccccc4NS(=O)(=O)c4ccc(C)cc4)CC3)sc2c1. The maximum absolute atomic E-state index is 13.0. The zero-order chi connectivity index (χ0) is 28.1. The molecule has 2 N–H and O–H groups in total. The quantitative estimate of drug-likeness (QED) is 0.288. The number of ether oxygens (including phenoxy) is 1. The highest BCUT2D eigenvalue weighted by molar-refractivity contribution is 7.92. The van der Waals surface area contributed by atoms with Crippen LogP contribution in [0.1, 0.15) is 22.8 Å². The van der Waals surface area contributed by atoms with E-state index in [0.29, 0.717) is 19.7 Å². The molecule has 0 atom stereocenters. The van der Waals surface area contributed by atoms with E-state index in [9.17, 15) is 13.2 Å². The van der Waals surface area contributed by atoms with Crippen molar-refractivity contribution in [1.82, 2.24) is 15.2 Å². The number of thiazole rings is 1. The van der Waals surface area contributed by atoms with Crippen molar-refractivity contribution in [2.75, 3.05) is 55.5 Å². The summed E-state index contributed by atoms with van der Waals surface area (Å²) in [6, 6.07) is 19.2. The number of sulfonamides is 1. The van der Waals surface area contributed by atoms with Crippen LogP contribution in [0, 0.1) is 6.92 Å². The lowest BCUT2D eigenvalue weighted by Gasteiger charge is -2.34. The Hall–Kier alpha value is -3.67. The number of nitrogens with one attached hydrogen (secondary N) is 2. The Morgan fingerprint density at radius 1 is 1.02 bits per heavy atom. The molecule has 9 nitrogen and oxygen atoms in total. The molecule has 1 aromatic heterocycles. The van der Waals surface area contributed by atoms with Crippen LogP contribution in [0.4, 0.5) is 10.8 Å². The summed E-state index contributed by atoms with van der Waals surface area (Å²) >= 11 is 1.68. The van der Waals surface area contributed by atoms with Gasteiger partial charge in [0.15, 0.2) is 5.13 Å². The maximum Gasteiger partial charge on any atom is 0.261 e. The van der Waals surface area contributed by atoms with Crippen LogP contribution in [0.25, 0.3) is 10.2 Å². The number of fused-ring (bicyclic) bond motifs is 1. The average Bonchev–Trinajstić information content (AvgIpc) is 3.37. The Kier molecular flexibility index (Phi) is 8.53. The van der Waals surface area contributed by atoms with E-state index >= 15 is 0 Å². The van der Waals surface area contributed by atoms with Gasteiger partial charge < -0.3 is 15.0 Å². The molecule has 4 aromatic rings. The first-order chi connectivity index (χ1) is 19.3. The van der Waals surface area contributed by atoms with Gasteiger partial charge in [-0.2, -0.15) is 0 Å². The van der Waals surface area contributed by atoms with Gasteiger partial charge in [0.05, 0.1) is 33.0 Å². The zero-order valence-electron chi connectivity index (χ0n) is 22.6. The molecule has 0 spiro atoms. The van der Waals surface area contributed by atoms with Crippen LogP contribution >= 0.6 is 11.3 Å². The number of carbonyl (C=O) groups excluding carboxylic acids is 1. The number of carbonyl (C=O) groups is 1. The summed E-state index contributed by atoms with van der Waals surface area (Å²) in [5.74, 6) is 0.546. The van der Waals surface area contributed by atoms with E-state index in [2.05, 4.69) is 19.8 Å². The summed E-state index contributed by atoms with van der Waals surface area (Å²) in [6.07, 6.45) is 0. The Morgan fingerprint density at radius 3 is 2.52 bits per heavy atom. The van der Waals surface area contributed by atoms with E-state index in [1.165, 1.54) is 0 Å². The highest BCUT2D eigenvalue weighted by atomic mass is 32.2. The third kappa shape index (κ3) is 6.55. The Bertz CT molecular complexity index is 1580. The van der Waals surface area contributed by atoms with Gasteiger partial charge in [-0.3, -0.25) is 14.4 Å². The fourth-order valence-corrected chi connectivity index (χ4v) is 6.69. The van der Waals surface area contributed by atoms with Gasteiger partial charge >= 0.3 is 0 Å². The van der Waals surface area contributed by atoms with E-state index in [1.54, 1.807) is 59.9 Å². The summed E-state index contributed by atoms with van der Waals surface area (Å²) in [5, 5.41) is 3.96. The van der Waals surface area contributed by atoms with Crippen molar-refractivity contribution >= 4 is 48.3 Å². The number of piperazine rings is 1. The summed E-state index contributed by atoms with van der Waals surface area (Å²) in [4.78, 5) is 22.5. The smallest absolute Gasteiger partial charge is 0.261 e. The van der Waals surface area contributed by atoms with Crippen LogP contribution in [0.3, 0.4) is 0 Å². The number of rotatable bonds is 10. The molecule has 5 rings (SSSR count). The first-order valence-corrected chi connectivity index (χ1v) is 15.6. The van der Waals surface area contributed by atoms with Crippen molar-refractivity contribution in [3.05, 3.63) is 77.9 Å². The predicted octanol–water partition coefficient (Wildman–Crippen LogP) is 4.36. The van der Waals surface area contributed by atoms with Crippen molar-refractivity contribution < 1.29 is 17.9 Å². The lowest BCUT2D eigenvalue weighted by atomic mass is 10.1. The standard InChI is InChI=1S/C29H33N5O4S2/c1-3-38-22-10-13-26-27(20-22)39-29(31-26)34-18-16-33(17-19-34)15-14-30-28(35)24-6-4-5-7-25(24)32-40(36,37)23-11-8-21(2)9-12-23/h4-13,20,32H,3,14-19H2,1-2H3,(H,30,35). The number of para-hydroxylation sites is 1. The molecule has 1 saturated heterocycles. The number of aromatic nitrogens is 1. The van der Waals surface area contributed by atoms with Crippen LogP contribution in [-0.2, 0) is 10.0 Å². The van der Waals surface area contributed by atoms with E-state index < -0.39 is 10.0 Å². The lowest BCUT2D eigenvalue weighted by Crippen LogP contribution is -2.48. The molecule has 210 valence electrons. The van der Waals surface area contributed by atoms with Gasteiger partial charge in [-0.05, 0) is 56.3 Å². The monoisotopic (exact) mass is 579 g/mol. The molecule has 0 bridgehead atoms. The number of hydrogen-bond acceptors (Lipinski definition) is 8. The molecule has 3 aromatic carbocycles. The fraction of sp³-hybridized carbons (Fsp3) is 0.310. The van der Waals surface area contributed by atoms with Gasteiger partial charge in [-0.25, -0.2) is 13.4 Å². The van der Waals surface area contributed by atoms with Gasteiger partial charge in [0.2, 0.25) is 0 Å². The van der Waals surface area contributed by atoms with E-state index in [0.717, 1.165) is 52.8 Å². The predicted molar refractivity (Wildman–Crippen MR) is 160 cm³/mol. The van der Waals surface area contributed by atoms with Gasteiger partial charge in [0, 0.05) is 39.3 Å². The first-order valence-electron chi connectivity index (χ1n) is 13.3. The molecule has 1 fully saturated rings. The Morgan fingerprint density at radius 2 is 1.77 bits per heavy atom. The summed E-state index contributed by atoms with van der Waals surface area (Å²) in [5.41, 5.74) is 2.48. The minimum atomic E-state index is -3.82. The molecule has 0 saturated carbocycles. The molecule has 1 aliphatic heterocycles. The molecule has 0 radical (unpaired) electrons. The summed E-state index contributed by atoms with van der Waals surface area (Å²) < 4.78 is 35.0. The summed E-state index contributed by atoms with van der Waals surface area (Å²) in [7, 11) is -3.82. The molecule has 0 aliphatic carbocycles. The second-order valence-corrected chi connectivity index (χ2v) is 12.3. The third-order valence-corrected chi connectivity index (χ3v) is 9.22. The van der Waals surface area contributed by atoms with Gasteiger partial charge in [0.1, 0.15) is 5.75 Å². The van der Waals surface area contributed by atoms with Crippen LogP contribution in [0.2, 0.25) is 0 Å². The molecule has 1 amide bonds. The van der Waals surface area contributed by atoms with Gasteiger partial charge in [-0.1, -0.05) is 41.2 Å². The zero-order valence-corrected chi connectivity index (χ0v) is 24.2. The third-order valence-electron chi connectivity index (χ3n) is 6.76. The normalized spacial score (nSPS) is 14.3. The number of benzene rings is 3. The van der Waals surface area contributed by atoms with Crippen LogP contribution in [0.5, 0.6) is 5.75 Å². The van der Waals surface area contributed by atoms with Crippen LogP contribution in [-0.4, -0.2) is 70.1 Å². The molecule has 1 aliphatic rings. The number of hydrogen-bond donors (Lipinski definition) is 2. The lowest BCUT2D eigenvalue weighted by molar-refractivity contribution is 0.0948. The Balaban J connectivity index is 1.13. The van der Waals surface area contributed by atoms with Crippen molar-refractivity contribution in [2.45, 2.75) is 18.7 Å². The second kappa shape index (κ2) is 12.2. The van der Waals surface area contributed by atoms with E-state index in [-0.39, 0.29) is 22.1 Å². The Labute approximate surface area is 238 Å². The second-order valence-electron chi connectivity index (χ2n) is 9.61. The molecule has 0 unspecified atom stereocenters. The van der Waals surface area contributed by atoms with Gasteiger partial charge in [-0.15, -0.1) is 0 Å². The topological polar surface area (TPSA) is 104 Å². The summed E-state index contributed by atoms with van der Waals surface area (Å²) in [6.45, 7) is 9.11. The molecular formula is C29H33N5O4S2. The van der Waals surface area contributed by atoms with Crippen LogP contribution in [0.15, 0.2) is 71.6 Å². The largest absolute Gasteiger partial charge is 0.494 e. The first kappa shape index (κ1) is 27.9. The molecule has 2 heterocycles. The molecular weight excluding hydrogens is 546 g/mol. The average molecular weight is 580 g/mol.